The van der Waals surface area contributed by atoms with E-state index >= 15 is 0 Å². The molecule has 0 unspecified atom stereocenters. The van der Waals surface area contributed by atoms with Gasteiger partial charge in [-0.15, -0.1) is 10.2 Å². The first-order chi connectivity index (χ1) is 9.22. The van der Waals surface area contributed by atoms with Crippen molar-refractivity contribution in [3.8, 4) is 6.07 Å². The van der Waals surface area contributed by atoms with E-state index in [0.29, 0.717) is 6.04 Å². The predicted octanol–water partition coefficient (Wildman–Crippen LogP) is 2.88. The molecule has 5 heteroatoms. The molecule has 3 rings (SSSR count). The van der Waals surface area contributed by atoms with Gasteiger partial charge in [-0.3, -0.25) is 0 Å². The second kappa shape index (κ2) is 4.63. The molecule has 1 aliphatic rings. The maximum atomic E-state index is 9.47. The summed E-state index contributed by atoms with van der Waals surface area (Å²) in [5.74, 6) is 0. The summed E-state index contributed by atoms with van der Waals surface area (Å²) in [4.78, 5) is 0. The molecule has 0 saturated heterocycles. The number of hydrogen-bond acceptors (Lipinski definition) is 5. The molecule has 1 heterocycles. The third kappa shape index (κ3) is 2.20. The van der Waals surface area contributed by atoms with Crippen LogP contribution in [0.5, 0.6) is 0 Å². The minimum Gasteiger partial charge on any atom is -0.357 e. The molecule has 1 aromatic heterocycles. The molecule has 2 aromatic rings. The van der Waals surface area contributed by atoms with Gasteiger partial charge in [-0.25, -0.2) is 0 Å². The monoisotopic (exact) mass is 270 g/mol. The van der Waals surface area contributed by atoms with E-state index in [0.717, 1.165) is 28.5 Å². The van der Waals surface area contributed by atoms with Gasteiger partial charge in [-0.05, 0) is 25.3 Å². The van der Waals surface area contributed by atoms with Gasteiger partial charge in [0.15, 0.2) is 0 Å². The Bertz CT molecular complexity index is 608. The Morgan fingerprint density at radius 1 is 1.32 bits per heavy atom. The number of nitriles is 1. The Balaban J connectivity index is 1.69. The maximum absolute atomic E-state index is 9.47. The van der Waals surface area contributed by atoms with Crippen LogP contribution in [0.4, 0.5) is 5.13 Å². The van der Waals surface area contributed by atoms with Gasteiger partial charge in [0.1, 0.15) is 5.01 Å². The average Bonchev–Trinajstić information content (AvgIpc) is 2.80. The van der Waals surface area contributed by atoms with E-state index in [-0.39, 0.29) is 5.41 Å². The van der Waals surface area contributed by atoms with Gasteiger partial charge < -0.3 is 5.32 Å². The Labute approximate surface area is 116 Å². The van der Waals surface area contributed by atoms with Gasteiger partial charge in [0, 0.05) is 6.04 Å². The average molecular weight is 270 g/mol. The second-order valence-corrected chi connectivity index (χ2v) is 6.12. The fraction of sp³-hybridized carbons (Fsp3) is 0.357. The first-order valence-corrected chi connectivity index (χ1v) is 7.07. The molecule has 1 aromatic carbocycles. The smallest absolute Gasteiger partial charge is 0.205 e. The quantitative estimate of drug-likeness (QED) is 0.931. The summed E-state index contributed by atoms with van der Waals surface area (Å²) in [5, 5.41) is 22.7. The summed E-state index contributed by atoms with van der Waals surface area (Å²) in [6.07, 6.45) is 1.65. The first kappa shape index (κ1) is 12.1. The molecule has 1 fully saturated rings. The molecule has 19 heavy (non-hydrogen) atoms. The Hall–Kier alpha value is -1.93. The number of hydrogen-bond donors (Lipinski definition) is 1. The number of nitrogens with zero attached hydrogens (tertiary/aromatic N) is 3. The van der Waals surface area contributed by atoms with Crippen LogP contribution in [0.2, 0.25) is 0 Å². The van der Waals surface area contributed by atoms with E-state index in [2.05, 4.69) is 21.6 Å². The molecule has 1 aliphatic carbocycles. The second-order valence-electron chi connectivity index (χ2n) is 4.94. The highest BCUT2D eigenvalue weighted by atomic mass is 32.1. The van der Waals surface area contributed by atoms with Crippen molar-refractivity contribution in [2.24, 2.45) is 0 Å². The van der Waals surface area contributed by atoms with Crippen LogP contribution < -0.4 is 5.32 Å². The number of rotatable bonds is 3. The largest absolute Gasteiger partial charge is 0.357 e. The van der Waals surface area contributed by atoms with E-state index in [9.17, 15) is 5.26 Å². The molecule has 96 valence electrons. The lowest BCUT2D eigenvalue weighted by atomic mass is 9.62. The lowest BCUT2D eigenvalue weighted by molar-refractivity contribution is 0.289. The van der Waals surface area contributed by atoms with Gasteiger partial charge in [-0.2, -0.15) is 5.26 Å². The van der Waals surface area contributed by atoms with Crippen molar-refractivity contribution in [1.29, 1.82) is 5.26 Å². The summed E-state index contributed by atoms with van der Waals surface area (Å²) >= 11 is 1.55. The SMILES string of the molecule is Cc1nnc(NC2CC(C#N)(c3ccccc3)C2)s1. The maximum Gasteiger partial charge on any atom is 0.205 e. The highest BCUT2D eigenvalue weighted by Gasteiger charge is 2.46. The lowest BCUT2D eigenvalue weighted by Crippen LogP contribution is -2.47. The van der Waals surface area contributed by atoms with Crippen LogP contribution in [0.1, 0.15) is 23.4 Å². The summed E-state index contributed by atoms with van der Waals surface area (Å²) in [5.41, 5.74) is 0.780. The third-order valence-electron chi connectivity index (χ3n) is 3.58. The zero-order valence-corrected chi connectivity index (χ0v) is 11.4. The van der Waals surface area contributed by atoms with Crippen molar-refractivity contribution in [1.82, 2.24) is 10.2 Å². The zero-order valence-electron chi connectivity index (χ0n) is 10.6. The van der Waals surface area contributed by atoms with Gasteiger partial charge in [0.2, 0.25) is 5.13 Å². The van der Waals surface area contributed by atoms with Gasteiger partial charge in [0.25, 0.3) is 0 Å². The highest BCUT2D eigenvalue weighted by molar-refractivity contribution is 7.15. The molecule has 1 saturated carbocycles. The summed E-state index contributed by atoms with van der Waals surface area (Å²) in [6, 6.07) is 12.8. The topological polar surface area (TPSA) is 61.6 Å². The fourth-order valence-electron chi connectivity index (χ4n) is 2.56. The normalized spacial score (nSPS) is 25.4. The van der Waals surface area contributed by atoms with Crippen LogP contribution in [0.3, 0.4) is 0 Å². The molecule has 0 bridgehead atoms. The standard InChI is InChI=1S/C14H14N4S/c1-10-17-18-13(19-10)16-12-7-14(8-12,9-15)11-5-3-2-4-6-11/h2-6,12H,7-8H2,1H3,(H,16,18). The minimum atomic E-state index is -0.335. The fourth-order valence-corrected chi connectivity index (χ4v) is 3.23. The number of aryl methyl sites for hydroxylation is 1. The summed E-state index contributed by atoms with van der Waals surface area (Å²) < 4.78 is 0. The number of nitrogens with one attached hydrogen (secondary N) is 1. The molecule has 0 spiro atoms. The van der Waals surface area contributed by atoms with Crippen molar-refractivity contribution in [3.63, 3.8) is 0 Å². The van der Waals surface area contributed by atoms with E-state index in [4.69, 9.17) is 0 Å². The molecule has 0 amide bonds. The van der Waals surface area contributed by atoms with Crippen LogP contribution in [-0.4, -0.2) is 16.2 Å². The van der Waals surface area contributed by atoms with E-state index in [1.54, 1.807) is 11.3 Å². The van der Waals surface area contributed by atoms with E-state index < -0.39 is 0 Å². The number of aromatic nitrogens is 2. The zero-order chi connectivity index (χ0) is 13.3. The van der Waals surface area contributed by atoms with E-state index in [1.165, 1.54) is 0 Å². The van der Waals surface area contributed by atoms with E-state index in [1.807, 2.05) is 37.3 Å². The first-order valence-electron chi connectivity index (χ1n) is 6.25. The third-order valence-corrected chi connectivity index (χ3v) is 4.35. The van der Waals surface area contributed by atoms with Crippen LogP contribution in [0, 0.1) is 18.3 Å². The van der Waals surface area contributed by atoms with Gasteiger partial charge in [0.05, 0.1) is 11.5 Å². The molecule has 0 atom stereocenters. The minimum absolute atomic E-state index is 0.312. The molecular formula is C14H14N4S. The molecule has 1 N–H and O–H groups in total. The Kier molecular flexibility index (Phi) is 2.96. The number of anilines is 1. The van der Waals surface area contributed by atoms with Crippen molar-refractivity contribution in [2.75, 3.05) is 5.32 Å². The molecular weight excluding hydrogens is 256 g/mol. The van der Waals surface area contributed by atoms with Crippen molar-refractivity contribution in [2.45, 2.75) is 31.2 Å². The van der Waals surface area contributed by atoms with Crippen molar-refractivity contribution >= 4 is 16.5 Å². The van der Waals surface area contributed by atoms with Crippen LogP contribution in [0.25, 0.3) is 0 Å². The summed E-state index contributed by atoms with van der Waals surface area (Å²) in [6.45, 7) is 1.94. The van der Waals surface area contributed by atoms with Gasteiger partial charge in [-0.1, -0.05) is 41.7 Å². The van der Waals surface area contributed by atoms with Crippen molar-refractivity contribution in [3.05, 3.63) is 40.9 Å². The van der Waals surface area contributed by atoms with Crippen LogP contribution in [0.15, 0.2) is 30.3 Å². The lowest BCUT2D eigenvalue weighted by Gasteiger charge is -2.43. The summed E-state index contributed by atoms with van der Waals surface area (Å²) in [7, 11) is 0. The van der Waals surface area contributed by atoms with Crippen LogP contribution >= 0.6 is 11.3 Å². The predicted molar refractivity (Wildman–Crippen MR) is 75.0 cm³/mol. The Morgan fingerprint density at radius 3 is 2.63 bits per heavy atom. The molecule has 0 radical (unpaired) electrons. The molecule has 0 aliphatic heterocycles. The van der Waals surface area contributed by atoms with Gasteiger partial charge >= 0.3 is 0 Å². The van der Waals surface area contributed by atoms with Crippen molar-refractivity contribution < 1.29 is 0 Å². The molecule has 4 nitrogen and oxygen atoms in total. The number of benzene rings is 1. The van der Waals surface area contributed by atoms with Crippen LogP contribution in [-0.2, 0) is 5.41 Å². The highest BCUT2D eigenvalue weighted by Crippen LogP contribution is 2.44. The Morgan fingerprint density at radius 2 is 2.05 bits per heavy atom.